The zero-order valence-electron chi connectivity index (χ0n) is 15.5. The summed E-state index contributed by atoms with van der Waals surface area (Å²) in [5.41, 5.74) is 2.81. The van der Waals surface area contributed by atoms with E-state index in [9.17, 15) is 4.79 Å². The van der Waals surface area contributed by atoms with Gasteiger partial charge in [-0.05, 0) is 60.5 Å². The number of nitrogens with one attached hydrogen (secondary N) is 2. The number of methoxy groups -OCH3 is 1. The van der Waals surface area contributed by atoms with E-state index in [1.165, 1.54) is 11.8 Å². The van der Waals surface area contributed by atoms with Gasteiger partial charge in [0, 0.05) is 18.4 Å². The van der Waals surface area contributed by atoms with Crippen LogP contribution < -0.4 is 15.4 Å². The number of amides is 1. The molecule has 2 aromatic carbocycles. The molecule has 28 heavy (non-hydrogen) atoms. The Morgan fingerprint density at radius 1 is 1.14 bits per heavy atom. The van der Waals surface area contributed by atoms with E-state index in [2.05, 4.69) is 15.6 Å². The van der Waals surface area contributed by atoms with Gasteiger partial charge in [-0.15, -0.1) is 0 Å². The van der Waals surface area contributed by atoms with Gasteiger partial charge in [0.15, 0.2) is 0 Å². The first kappa shape index (κ1) is 18.9. The first-order chi connectivity index (χ1) is 13.7. The van der Waals surface area contributed by atoms with Crippen LogP contribution in [-0.2, 0) is 6.42 Å². The molecule has 0 aliphatic carbocycles. The lowest BCUT2D eigenvalue weighted by Gasteiger charge is -2.08. The molecule has 0 saturated heterocycles. The second-order valence-electron chi connectivity index (χ2n) is 6.10. The number of aromatic nitrogens is 1. The Bertz CT molecular complexity index is 977. The predicted octanol–water partition coefficient (Wildman–Crippen LogP) is 3.87. The quantitative estimate of drug-likeness (QED) is 0.657. The summed E-state index contributed by atoms with van der Waals surface area (Å²) in [5, 5.41) is 14.8. The average molecular weight is 372 g/mol. The predicted molar refractivity (Wildman–Crippen MR) is 109 cm³/mol. The first-order valence-electron chi connectivity index (χ1n) is 8.82. The van der Waals surface area contributed by atoms with Crippen LogP contribution in [0.1, 0.15) is 21.5 Å². The van der Waals surface area contributed by atoms with Crippen LogP contribution in [0.2, 0.25) is 0 Å². The van der Waals surface area contributed by atoms with Crippen molar-refractivity contribution in [2.45, 2.75) is 6.42 Å². The van der Waals surface area contributed by atoms with Crippen molar-refractivity contribution >= 4 is 17.4 Å². The van der Waals surface area contributed by atoms with Crippen molar-refractivity contribution in [3.05, 3.63) is 83.6 Å². The number of nitrogens with zero attached hydrogens (tertiary/aromatic N) is 2. The molecule has 0 saturated carbocycles. The van der Waals surface area contributed by atoms with Crippen LogP contribution in [0.25, 0.3) is 0 Å². The Hall–Kier alpha value is -3.85. The molecule has 0 radical (unpaired) electrons. The Morgan fingerprint density at radius 2 is 1.96 bits per heavy atom. The van der Waals surface area contributed by atoms with E-state index in [0.717, 1.165) is 18.7 Å². The van der Waals surface area contributed by atoms with E-state index in [-0.39, 0.29) is 5.91 Å². The molecule has 0 bridgehead atoms. The Kier molecular flexibility index (Phi) is 6.21. The summed E-state index contributed by atoms with van der Waals surface area (Å²) in [6, 6.07) is 20.2. The third kappa shape index (κ3) is 5.08. The summed E-state index contributed by atoms with van der Waals surface area (Å²) in [7, 11) is 1.65. The highest BCUT2D eigenvalue weighted by atomic mass is 16.5. The number of rotatable bonds is 7. The van der Waals surface area contributed by atoms with Crippen LogP contribution in [-0.4, -0.2) is 24.5 Å². The molecule has 3 rings (SSSR count). The maximum Gasteiger partial charge on any atom is 0.257 e. The minimum atomic E-state index is -0.250. The fraction of sp³-hybridized carbons (Fsp3) is 0.136. The van der Waals surface area contributed by atoms with Gasteiger partial charge >= 0.3 is 0 Å². The monoisotopic (exact) mass is 372 g/mol. The van der Waals surface area contributed by atoms with E-state index in [0.29, 0.717) is 22.6 Å². The van der Waals surface area contributed by atoms with Crippen LogP contribution in [0.15, 0.2) is 66.9 Å². The smallest absolute Gasteiger partial charge is 0.257 e. The van der Waals surface area contributed by atoms with E-state index < -0.39 is 0 Å². The molecule has 0 atom stereocenters. The van der Waals surface area contributed by atoms with Gasteiger partial charge in [-0.1, -0.05) is 12.1 Å². The molecule has 2 N–H and O–H groups in total. The molecule has 0 aliphatic rings. The molecule has 6 nitrogen and oxygen atoms in total. The molecule has 1 aromatic heterocycles. The molecule has 0 unspecified atom stereocenters. The largest absolute Gasteiger partial charge is 0.497 e. The summed E-state index contributed by atoms with van der Waals surface area (Å²) in [6.45, 7) is 0.719. The molecule has 140 valence electrons. The number of hydrogen-bond acceptors (Lipinski definition) is 5. The van der Waals surface area contributed by atoms with E-state index in [1.54, 1.807) is 43.5 Å². The number of hydrogen-bond donors (Lipinski definition) is 2. The van der Waals surface area contributed by atoms with Crippen LogP contribution in [0, 0.1) is 11.3 Å². The van der Waals surface area contributed by atoms with Gasteiger partial charge in [-0.25, -0.2) is 4.98 Å². The minimum Gasteiger partial charge on any atom is -0.497 e. The standard InChI is InChI=1S/C22H20N4O2/c1-28-20-4-2-3-16(13-20)11-12-24-21-10-7-18(15-25-21)22(27)26-19-8-5-17(14-23)6-9-19/h2-10,13,15H,11-12H2,1H3,(H,24,25)(H,26,27). The van der Waals surface area contributed by atoms with Crippen LogP contribution in [0.4, 0.5) is 11.5 Å². The zero-order chi connectivity index (χ0) is 19.8. The first-order valence-corrected chi connectivity index (χ1v) is 8.82. The molecule has 6 heteroatoms. The van der Waals surface area contributed by atoms with Crippen molar-refractivity contribution in [3.8, 4) is 11.8 Å². The molecule has 0 fully saturated rings. The molecular weight excluding hydrogens is 352 g/mol. The summed E-state index contributed by atoms with van der Waals surface area (Å²) in [5.74, 6) is 1.30. The van der Waals surface area contributed by atoms with Crippen molar-refractivity contribution in [3.63, 3.8) is 0 Å². The summed E-state index contributed by atoms with van der Waals surface area (Å²) in [4.78, 5) is 16.6. The number of pyridine rings is 1. The molecule has 1 heterocycles. The number of carbonyl (C=O) groups excluding carboxylic acids is 1. The number of ether oxygens (including phenoxy) is 1. The van der Waals surface area contributed by atoms with Crippen LogP contribution >= 0.6 is 0 Å². The van der Waals surface area contributed by atoms with Gasteiger partial charge in [0.2, 0.25) is 0 Å². The van der Waals surface area contributed by atoms with Crippen molar-refractivity contribution in [2.24, 2.45) is 0 Å². The molecule has 0 spiro atoms. The number of carbonyl (C=O) groups is 1. The Morgan fingerprint density at radius 3 is 2.64 bits per heavy atom. The second-order valence-corrected chi connectivity index (χ2v) is 6.10. The second kappa shape index (κ2) is 9.19. The van der Waals surface area contributed by atoms with Gasteiger partial charge < -0.3 is 15.4 Å². The van der Waals surface area contributed by atoms with Gasteiger partial charge in [0.05, 0.1) is 24.3 Å². The van der Waals surface area contributed by atoms with Crippen molar-refractivity contribution in [1.82, 2.24) is 4.98 Å². The van der Waals surface area contributed by atoms with E-state index >= 15 is 0 Å². The fourth-order valence-electron chi connectivity index (χ4n) is 2.63. The normalized spacial score (nSPS) is 10.0. The summed E-state index contributed by atoms with van der Waals surface area (Å²) < 4.78 is 5.22. The maximum absolute atomic E-state index is 12.3. The Balaban J connectivity index is 1.52. The highest BCUT2D eigenvalue weighted by Gasteiger charge is 2.07. The highest BCUT2D eigenvalue weighted by molar-refractivity contribution is 6.04. The van der Waals surface area contributed by atoms with Crippen molar-refractivity contribution < 1.29 is 9.53 Å². The van der Waals surface area contributed by atoms with Crippen molar-refractivity contribution in [2.75, 3.05) is 24.3 Å². The number of benzene rings is 2. The van der Waals surface area contributed by atoms with E-state index in [1.807, 2.05) is 30.3 Å². The van der Waals surface area contributed by atoms with Gasteiger partial charge in [-0.3, -0.25) is 4.79 Å². The van der Waals surface area contributed by atoms with Gasteiger partial charge in [0.1, 0.15) is 11.6 Å². The van der Waals surface area contributed by atoms with Crippen LogP contribution in [0.3, 0.4) is 0 Å². The lowest BCUT2D eigenvalue weighted by atomic mass is 10.1. The SMILES string of the molecule is COc1cccc(CCNc2ccc(C(=O)Nc3ccc(C#N)cc3)cn2)c1. The summed E-state index contributed by atoms with van der Waals surface area (Å²) >= 11 is 0. The van der Waals surface area contributed by atoms with Crippen LogP contribution in [0.5, 0.6) is 5.75 Å². The number of anilines is 2. The Labute approximate surface area is 163 Å². The fourth-order valence-corrected chi connectivity index (χ4v) is 2.63. The molecule has 3 aromatic rings. The molecule has 1 amide bonds. The lowest BCUT2D eigenvalue weighted by Crippen LogP contribution is -2.13. The topological polar surface area (TPSA) is 87.0 Å². The van der Waals surface area contributed by atoms with Crippen molar-refractivity contribution in [1.29, 1.82) is 5.26 Å². The lowest BCUT2D eigenvalue weighted by molar-refractivity contribution is 0.102. The summed E-state index contributed by atoms with van der Waals surface area (Å²) in [6.07, 6.45) is 2.37. The maximum atomic E-state index is 12.3. The van der Waals surface area contributed by atoms with Gasteiger partial charge in [0.25, 0.3) is 5.91 Å². The minimum absolute atomic E-state index is 0.250. The molecule has 0 aliphatic heterocycles. The van der Waals surface area contributed by atoms with E-state index in [4.69, 9.17) is 10.00 Å². The third-order valence-electron chi connectivity index (χ3n) is 4.15. The molecular formula is C22H20N4O2. The zero-order valence-corrected chi connectivity index (χ0v) is 15.5. The van der Waals surface area contributed by atoms with Gasteiger partial charge in [-0.2, -0.15) is 5.26 Å². The highest BCUT2D eigenvalue weighted by Crippen LogP contribution is 2.14. The third-order valence-corrected chi connectivity index (χ3v) is 4.15. The number of nitriles is 1. The average Bonchev–Trinajstić information content (AvgIpc) is 2.75.